The first-order chi connectivity index (χ1) is 9.50. The minimum atomic E-state index is -3.59. The van der Waals surface area contributed by atoms with Crippen LogP contribution in [0.25, 0.3) is 0 Å². The monoisotopic (exact) mass is 312 g/mol. The lowest BCUT2D eigenvalue weighted by molar-refractivity contribution is 0.246. The molecule has 1 aliphatic heterocycles. The van der Waals surface area contributed by atoms with Gasteiger partial charge in [0.15, 0.2) is 0 Å². The lowest BCUT2D eigenvalue weighted by Crippen LogP contribution is -2.43. The summed E-state index contributed by atoms with van der Waals surface area (Å²) in [4.78, 5) is 0.0958. The summed E-state index contributed by atoms with van der Waals surface area (Å²) in [6.07, 6.45) is 3.63. The van der Waals surface area contributed by atoms with E-state index in [9.17, 15) is 8.42 Å². The van der Waals surface area contributed by atoms with Crippen LogP contribution < -0.4 is 0 Å². The highest BCUT2D eigenvalue weighted by atomic mass is 35.5. The zero-order valence-electron chi connectivity index (χ0n) is 11.3. The Kier molecular flexibility index (Phi) is 4.69. The molecule has 0 bridgehead atoms. The van der Waals surface area contributed by atoms with E-state index in [1.54, 1.807) is 4.31 Å². The highest BCUT2D eigenvalue weighted by Gasteiger charge is 2.33. The van der Waals surface area contributed by atoms with Crippen LogP contribution in [0.2, 0.25) is 5.02 Å². The minimum Gasteiger partial charge on any atom is -0.207 e. The topological polar surface area (TPSA) is 61.2 Å². The molecule has 0 aliphatic carbocycles. The Labute approximate surface area is 125 Å². The van der Waals surface area contributed by atoms with Gasteiger partial charge in [0.05, 0.1) is 16.7 Å². The van der Waals surface area contributed by atoms with Crippen LogP contribution in [0.5, 0.6) is 0 Å². The maximum Gasteiger partial charge on any atom is 0.244 e. The fourth-order valence-electron chi connectivity index (χ4n) is 2.60. The summed E-state index contributed by atoms with van der Waals surface area (Å²) < 4.78 is 27.0. The normalized spacial score (nSPS) is 20.6. The van der Waals surface area contributed by atoms with Crippen LogP contribution in [-0.2, 0) is 10.0 Å². The van der Waals surface area contributed by atoms with E-state index in [-0.39, 0.29) is 16.0 Å². The first-order valence-corrected chi connectivity index (χ1v) is 8.54. The van der Waals surface area contributed by atoms with Gasteiger partial charge >= 0.3 is 0 Å². The predicted molar refractivity (Wildman–Crippen MR) is 78.0 cm³/mol. The van der Waals surface area contributed by atoms with Gasteiger partial charge in [-0.05, 0) is 37.5 Å². The number of piperidine rings is 1. The Morgan fingerprint density at radius 3 is 2.80 bits per heavy atom. The second-order valence-corrected chi connectivity index (χ2v) is 7.20. The van der Waals surface area contributed by atoms with Crippen molar-refractivity contribution >= 4 is 21.6 Å². The molecule has 1 aromatic rings. The summed E-state index contributed by atoms with van der Waals surface area (Å²) in [5.41, 5.74) is 0.361. The van der Waals surface area contributed by atoms with Crippen molar-refractivity contribution in [2.45, 2.75) is 43.5 Å². The molecule has 0 N–H and O–H groups in total. The molecule has 1 aromatic carbocycles. The summed E-state index contributed by atoms with van der Waals surface area (Å²) in [7, 11) is -3.59. The lowest BCUT2D eigenvalue weighted by Gasteiger charge is -2.34. The second kappa shape index (κ2) is 6.13. The van der Waals surface area contributed by atoms with Gasteiger partial charge in [-0.15, -0.1) is 0 Å². The number of halogens is 1. The molecule has 1 aliphatic rings. The largest absolute Gasteiger partial charge is 0.244 e. The molecule has 1 saturated heterocycles. The molecule has 1 fully saturated rings. The van der Waals surface area contributed by atoms with E-state index in [2.05, 4.69) is 0 Å². The zero-order chi connectivity index (χ0) is 14.8. The van der Waals surface area contributed by atoms with Crippen molar-refractivity contribution in [2.24, 2.45) is 0 Å². The van der Waals surface area contributed by atoms with Gasteiger partial charge in [-0.1, -0.05) is 24.9 Å². The quantitative estimate of drug-likeness (QED) is 0.861. The van der Waals surface area contributed by atoms with Crippen molar-refractivity contribution in [3.05, 3.63) is 28.8 Å². The highest BCUT2D eigenvalue weighted by molar-refractivity contribution is 7.89. The van der Waals surface area contributed by atoms with Crippen molar-refractivity contribution in [1.29, 1.82) is 5.26 Å². The first-order valence-electron chi connectivity index (χ1n) is 6.72. The third kappa shape index (κ3) is 2.83. The molecule has 1 unspecified atom stereocenters. The summed E-state index contributed by atoms with van der Waals surface area (Å²) in [6.45, 7) is 2.54. The SMILES string of the molecule is CCC1CCCCN1S(=O)(=O)c1ccc(C#N)cc1Cl. The highest BCUT2D eigenvalue weighted by Crippen LogP contribution is 2.31. The van der Waals surface area contributed by atoms with E-state index in [1.165, 1.54) is 18.2 Å². The number of nitriles is 1. The van der Waals surface area contributed by atoms with Crippen LogP contribution in [0.15, 0.2) is 23.1 Å². The third-order valence-corrected chi connectivity index (χ3v) is 6.13. The molecule has 1 atom stereocenters. The molecule has 0 radical (unpaired) electrons. The van der Waals surface area contributed by atoms with Crippen molar-refractivity contribution in [3.63, 3.8) is 0 Å². The van der Waals surface area contributed by atoms with Crippen LogP contribution in [-0.4, -0.2) is 25.3 Å². The molecule has 0 aromatic heterocycles. The van der Waals surface area contributed by atoms with E-state index < -0.39 is 10.0 Å². The van der Waals surface area contributed by atoms with Crippen LogP contribution in [0.3, 0.4) is 0 Å². The van der Waals surface area contributed by atoms with Crippen LogP contribution in [0, 0.1) is 11.3 Å². The van der Waals surface area contributed by atoms with E-state index >= 15 is 0 Å². The molecule has 1 heterocycles. The van der Waals surface area contributed by atoms with Crippen LogP contribution in [0.1, 0.15) is 38.2 Å². The van der Waals surface area contributed by atoms with Gasteiger partial charge in [0.1, 0.15) is 4.90 Å². The Morgan fingerprint density at radius 2 is 2.20 bits per heavy atom. The molecular weight excluding hydrogens is 296 g/mol. The number of sulfonamides is 1. The van der Waals surface area contributed by atoms with E-state index in [1.807, 2.05) is 13.0 Å². The van der Waals surface area contributed by atoms with Gasteiger partial charge in [-0.2, -0.15) is 9.57 Å². The van der Waals surface area contributed by atoms with Crippen molar-refractivity contribution in [1.82, 2.24) is 4.31 Å². The minimum absolute atomic E-state index is 0.0421. The molecule has 20 heavy (non-hydrogen) atoms. The van der Waals surface area contributed by atoms with Gasteiger partial charge in [-0.3, -0.25) is 0 Å². The van der Waals surface area contributed by atoms with Crippen molar-refractivity contribution in [2.75, 3.05) is 6.54 Å². The fourth-order valence-corrected chi connectivity index (χ4v) is 4.89. The number of benzene rings is 1. The maximum absolute atomic E-state index is 12.7. The standard InChI is InChI=1S/C14H17ClN2O2S/c1-2-12-5-3-4-8-17(12)20(18,19)14-7-6-11(10-16)9-13(14)15/h6-7,9,12H,2-5,8H2,1H3. The van der Waals surface area contributed by atoms with Gasteiger partial charge in [-0.25, -0.2) is 8.42 Å². The second-order valence-electron chi connectivity index (χ2n) is 4.93. The average Bonchev–Trinajstić information content (AvgIpc) is 2.46. The molecule has 0 spiro atoms. The van der Waals surface area contributed by atoms with Crippen molar-refractivity contribution < 1.29 is 8.42 Å². The molecule has 4 nitrogen and oxygen atoms in total. The molecule has 0 amide bonds. The van der Waals surface area contributed by atoms with Gasteiger partial charge in [0.2, 0.25) is 10.0 Å². The van der Waals surface area contributed by atoms with E-state index in [0.29, 0.717) is 12.1 Å². The molecule has 0 saturated carbocycles. The number of rotatable bonds is 3. The van der Waals surface area contributed by atoms with Crippen molar-refractivity contribution in [3.8, 4) is 6.07 Å². The zero-order valence-corrected chi connectivity index (χ0v) is 12.9. The van der Waals surface area contributed by atoms with E-state index in [4.69, 9.17) is 16.9 Å². The lowest BCUT2D eigenvalue weighted by atomic mass is 10.0. The number of nitrogens with zero attached hydrogens (tertiary/aromatic N) is 2. The van der Waals surface area contributed by atoms with Gasteiger partial charge < -0.3 is 0 Å². The Hall–Kier alpha value is -1.09. The summed E-state index contributed by atoms with van der Waals surface area (Å²) >= 11 is 6.05. The molecular formula is C14H17ClN2O2S. The maximum atomic E-state index is 12.7. The van der Waals surface area contributed by atoms with E-state index in [0.717, 1.165) is 25.7 Å². The summed E-state index contributed by atoms with van der Waals surface area (Å²) in [5, 5.41) is 8.93. The molecule has 2 rings (SSSR count). The average molecular weight is 313 g/mol. The fraction of sp³-hybridized carbons (Fsp3) is 0.500. The van der Waals surface area contributed by atoms with Crippen LogP contribution >= 0.6 is 11.6 Å². The van der Waals surface area contributed by atoms with Gasteiger partial charge in [0, 0.05) is 12.6 Å². The molecule has 108 valence electrons. The number of hydrogen-bond donors (Lipinski definition) is 0. The summed E-state index contributed by atoms with van der Waals surface area (Å²) in [6, 6.07) is 6.32. The Morgan fingerprint density at radius 1 is 1.45 bits per heavy atom. The number of hydrogen-bond acceptors (Lipinski definition) is 3. The first kappa shape index (κ1) is 15.3. The molecule has 6 heteroatoms. The predicted octanol–water partition coefficient (Wildman–Crippen LogP) is 3.16. The Bertz CT molecular complexity index is 637. The third-order valence-electron chi connectivity index (χ3n) is 3.69. The smallest absolute Gasteiger partial charge is 0.207 e. The van der Waals surface area contributed by atoms with Gasteiger partial charge in [0.25, 0.3) is 0 Å². The van der Waals surface area contributed by atoms with Crippen LogP contribution in [0.4, 0.5) is 0 Å². The summed E-state index contributed by atoms with van der Waals surface area (Å²) in [5.74, 6) is 0. The Balaban J connectivity index is 2.42.